The normalized spacial score (nSPS) is 28.2. The molecular weight excluding hydrogens is 529 g/mol. The smallest absolute Gasteiger partial charge is 0.426 e. The largest absolute Gasteiger partial charge is 0.481 e. The Bertz CT molecular complexity index is 1280. The summed E-state index contributed by atoms with van der Waals surface area (Å²) in [7, 11) is 0. The Kier molecular flexibility index (Phi) is 7.46. The Balaban J connectivity index is 1.53. The van der Waals surface area contributed by atoms with Crippen molar-refractivity contribution >= 4 is 11.9 Å². The number of aliphatic carboxylic acids is 1. The minimum atomic E-state index is -5.06. The van der Waals surface area contributed by atoms with Crippen LogP contribution in [0.25, 0.3) is 0 Å². The van der Waals surface area contributed by atoms with Crippen LogP contribution in [0.3, 0.4) is 0 Å². The molecule has 2 aromatic carbocycles. The van der Waals surface area contributed by atoms with Crippen LogP contribution in [-0.2, 0) is 33.5 Å². The molecule has 2 fully saturated rings. The molecule has 3 aliphatic rings. The van der Waals surface area contributed by atoms with Gasteiger partial charge in [-0.2, -0.15) is 13.2 Å². The van der Waals surface area contributed by atoms with E-state index in [0.29, 0.717) is 76.8 Å². The Labute approximate surface area is 230 Å². The lowest BCUT2D eigenvalue weighted by Gasteiger charge is -2.54. The van der Waals surface area contributed by atoms with Crippen molar-refractivity contribution in [3.63, 3.8) is 0 Å². The second kappa shape index (κ2) is 10.5. The maximum atomic E-state index is 14.9. The maximum absolute atomic E-state index is 14.9. The van der Waals surface area contributed by atoms with Gasteiger partial charge >= 0.3 is 12.1 Å². The first kappa shape index (κ1) is 28.6. The minimum absolute atomic E-state index is 0.00868. The van der Waals surface area contributed by atoms with Crippen molar-refractivity contribution in [2.24, 2.45) is 11.8 Å². The van der Waals surface area contributed by atoms with Gasteiger partial charge < -0.3 is 10.0 Å². The molecule has 0 spiro atoms. The minimum Gasteiger partial charge on any atom is -0.481 e. The molecule has 5 rings (SSSR count). The van der Waals surface area contributed by atoms with Crippen LogP contribution in [0.2, 0.25) is 0 Å². The Morgan fingerprint density at radius 1 is 1.00 bits per heavy atom. The van der Waals surface area contributed by atoms with Crippen LogP contribution in [0, 0.1) is 17.7 Å². The number of carbonyl (C=O) groups is 2. The summed E-state index contributed by atoms with van der Waals surface area (Å²) in [6.45, 7) is 1.07. The summed E-state index contributed by atoms with van der Waals surface area (Å²) < 4.78 is 69.7. The van der Waals surface area contributed by atoms with E-state index in [1.54, 1.807) is 12.1 Å². The van der Waals surface area contributed by atoms with Gasteiger partial charge in [0.15, 0.2) is 0 Å². The second-order valence-corrected chi connectivity index (χ2v) is 11.9. The van der Waals surface area contributed by atoms with E-state index in [0.717, 1.165) is 11.1 Å². The monoisotopic (exact) mass is 563 g/mol. The van der Waals surface area contributed by atoms with E-state index in [1.807, 2.05) is 11.0 Å². The van der Waals surface area contributed by atoms with Gasteiger partial charge in [-0.3, -0.25) is 9.59 Å². The number of carbonyl (C=O) groups excluding carboxylic acids is 1. The van der Waals surface area contributed by atoms with E-state index in [4.69, 9.17) is 0 Å². The SMILES string of the molecule is CC(F)(c1ccc2c(c1)CCC1N(C(=O)C3CCC(C(=O)O)CC3)CCCC21Cc1cccc(F)c1)C(F)(F)F. The van der Waals surface area contributed by atoms with Crippen LogP contribution < -0.4 is 0 Å². The van der Waals surface area contributed by atoms with E-state index in [2.05, 4.69) is 0 Å². The topological polar surface area (TPSA) is 57.6 Å². The highest BCUT2D eigenvalue weighted by Crippen LogP contribution is 2.51. The number of benzene rings is 2. The third kappa shape index (κ3) is 5.00. The van der Waals surface area contributed by atoms with Crippen LogP contribution in [0.1, 0.15) is 74.1 Å². The fourth-order valence-electron chi connectivity index (χ4n) is 7.36. The highest BCUT2D eigenvalue weighted by atomic mass is 19.4. The first-order valence-corrected chi connectivity index (χ1v) is 14.0. The van der Waals surface area contributed by atoms with Crippen molar-refractivity contribution in [1.82, 2.24) is 4.90 Å². The molecule has 40 heavy (non-hydrogen) atoms. The van der Waals surface area contributed by atoms with Gasteiger partial charge in [-0.25, -0.2) is 8.78 Å². The summed E-state index contributed by atoms with van der Waals surface area (Å²) in [6.07, 6.45) is -0.565. The van der Waals surface area contributed by atoms with Gasteiger partial charge in [0.1, 0.15) is 5.82 Å². The molecule has 4 nitrogen and oxygen atoms in total. The van der Waals surface area contributed by atoms with Crippen LogP contribution in [0.4, 0.5) is 22.0 Å². The van der Waals surface area contributed by atoms with Crippen LogP contribution in [0.15, 0.2) is 42.5 Å². The third-order valence-corrected chi connectivity index (χ3v) is 9.56. The van der Waals surface area contributed by atoms with Crippen molar-refractivity contribution in [2.45, 2.75) is 88.0 Å². The number of amides is 1. The molecule has 1 saturated heterocycles. The standard InChI is InChI=1S/C31H34F5NO3/c1-29(33,31(34,35)36)23-11-12-25-22(17-23)10-13-26-30(25,18-19-4-2-5-24(32)16-19)14-3-15-37(26)27(38)20-6-8-21(9-7-20)28(39)40/h2,4-5,11-12,16-17,20-21,26H,3,6-10,13-15,18H2,1H3,(H,39,40). The molecule has 1 N–H and O–H groups in total. The predicted molar refractivity (Wildman–Crippen MR) is 139 cm³/mol. The molecule has 0 aromatic heterocycles. The summed E-state index contributed by atoms with van der Waals surface area (Å²) in [5, 5.41) is 9.36. The van der Waals surface area contributed by atoms with Crippen molar-refractivity contribution in [2.75, 3.05) is 6.54 Å². The maximum Gasteiger partial charge on any atom is 0.426 e. The lowest BCUT2D eigenvalue weighted by atomic mass is 9.59. The highest BCUT2D eigenvalue weighted by Gasteiger charge is 2.55. The second-order valence-electron chi connectivity index (χ2n) is 11.9. The highest BCUT2D eigenvalue weighted by molar-refractivity contribution is 5.80. The fraction of sp³-hybridized carbons (Fsp3) is 0.548. The van der Waals surface area contributed by atoms with E-state index < -0.39 is 40.5 Å². The Morgan fingerprint density at radius 2 is 1.70 bits per heavy atom. The molecule has 3 unspecified atom stereocenters. The summed E-state index contributed by atoms with van der Waals surface area (Å²) in [5.74, 6) is -1.95. The number of halogens is 5. The van der Waals surface area contributed by atoms with Gasteiger partial charge in [0.05, 0.1) is 5.92 Å². The van der Waals surface area contributed by atoms with Crippen molar-refractivity contribution in [3.05, 3.63) is 70.5 Å². The number of aryl methyl sites for hydroxylation is 1. The quantitative estimate of drug-likeness (QED) is 0.404. The molecule has 1 amide bonds. The van der Waals surface area contributed by atoms with E-state index in [-0.39, 0.29) is 17.9 Å². The van der Waals surface area contributed by atoms with Gasteiger partial charge in [0.25, 0.3) is 0 Å². The number of hydrogen-bond donors (Lipinski definition) is 1. The van der Waals surface area contributed by atoms with Gasteiger partial charge in [-0.15, -0.1) is 0 Å². The van der Waals surface area contributed by atoms with E-state index >= 15 is 0 Å². The first-order valence-electron chi connectivity index (χ1n) is 14.0. The number of fused-ring (bicyclic) bond motifs is 3. The number of alkyl halides is 4. The zero-order valence-electron chi connectivity index (χ0n) is 22.4. The third-order valence-electron chi connectivity index (χ3n) is 9.56. The van der Waals surface area contributed by atoms with Gasteiger partial charge in [0, 0.05) is 23.9 Å². The summed E-state index contributed by atoms with van der Waals surface area (Å²) in [5.41, 5.74) is -2.47. The number of likely N-dealkylation sites (tertiary alicyclic amines) is 1. The number of nitrogens with zero attached hydrogens (tertiary/aromatic N) is 1. The number of carboxylic acids is 1. The zero-order chi connectivity index (χ0) is 28.9. The molecule has 216 valence electrons. The van der Waals surface area contributed by atoms with Crippen molar-refractivity contribution in [3.8, 4) is 0 Å². The molecule has 3 atom stereocenters. The Hall–Kier alpha value is -2.97. The molecule has 0 radical (unpaired) electrons. The van der Waals surface area contributed by atoms with Gasteiger partial charge in [-0.1, -0.05) is 30.3 Å². The number of piperidine rings is 1. The zero-order valence-corrected chi connectivity index (χ0v) is 22.4. The number of carboxylic acid groups (broad SMARTS) is 1. The Morgan fingerprint density at radius 3 is 2.35 bits per heavy atom. The molecule has 2 aromatic rings. The molecule has 0 bridgehead atoms. The predicted octanol–water partition coefficient (Wildman–Crippen LogP) is 6.88. The van der Waals surface area contributed by atoms with Gasteiger partial charge in [-0.05, 0) is 99.1 Å². The molecule has 9 heteroatoms. The average molecular weight is 564 g/mol. The van der Waals surface area contributed by atoms with E-state index in [9.17, 15) is 36.6 Å². The molecule has 1 aliphatic heterocycles. The fourth-order valence-corrected chi connectivity index (χ4v) is 7.36. The van der Waals surface area contributed by atoms with Crippen molar-refractivity contribution < 1.29 is 36.6 Å². The van der Waals surface area contributed by atoms with Crippen LogP contribution >= 0.6 is 0 Å². The van der Waals surface area contributed by atoms with Crippen molar-refractivity contribution in [1.29, 1.82) is 0 Å². The van der Waals surface area contributed by atoms with E-state index in [1.165, 1.54) is 24.3 Å². The van der Waals surface area contributed by atoms with Crippen LogP contribution in [-0.4, -0.2) is 40.6 Å². The molecule has 2 aliphatic carbocycles. The van der Waals surface area contributed by atoms with Crippen LogP contribution in [0.5, 0.6) is 0 Å². The number of hydrogen-bond acceptors (Lipinski definition) is 2. The molecular formula is C31H34F5NO3. The first-order chi connectivity index (χ1) is 18.8. The summed E-state index contributed by atoms with van der Waals surface area (Å²) in [6, 6.07) is 10.1. The number of rotatable bonds is 5. The average Bonchev–Trinajstić information content (AvgIpc) is 2.91. The molecule has 1 saturated carbocycles. The molecule has 1 heterocycles. The lowest BCUT2D eigenvalue weighted by molar-refractivity contribution is -0.228. The summed E-state index contributed by atoms with van der Waals surface area (Å²) in [4.78, 5) is 27.2. The van der Waals surface area contributed by atoms with Gasteiger partial charge in [0.2, 0.25) is 11.6 Å². The summed E-state index contributed by atoms with van der Waals surface area (Å²) >= 11 is 0. The lowest BCUT2D eigenvalue weighted by Crippen LogP contribution is -2.60.